The van der Waals surface area contributed by atoms with Gasteiger partial charge in [-0.1, -0.05) is 0 Å². The van der Waals surface area contributed by atoms with Crippen LogP contribution < -0.4 is 0 Å². The third-order valence-corrected chi connectivity index (χ3v) is 1.29. The fraction of sp³-hybridized carbons (Fsp3) is 0.857. The molecule has 52 valence electrons. The van der Waals surface area contributed by atoms with E-state index >= 15 is 0 Å². The van der Waals surface area contributed by atoms with E-state index in [-0.39, 0.29) is 0 Å². The van der Waals surface area contributed by atoms with Crippen molar-refractivity contribution in [1.82, 2.24) is 0 Å². The highest BCUT2D eigenvalue weighted by Crippen LogP contribution is 2.18. The van der Waals surface area contributed by atoms with Crippen molar-refractivity contribution in [2.75, 3.05) is 0 Å². The summed E-state index contributed by atoms with van der Waals surface area (Å²) in [5.74, 6) is 0. The second kappa shape index (κ2) is 2.48. The lowest BCUT2D eigenvalue weighted by atomic mass is 10.3. The summed E-state index contributed by atoms with van der Waals surface area (Å²) >= 11 is 0. The van der Waals surface area contributed by atoms with Crippen LogP contribution in [-0.2, 0) is 4.74 Å². The van der Waals surface area contributed by atoms with Crippen LogP contribution in [-0.4, -0.2) is 24.5 Å². The molecule has 0 spiro atoms. The van der Waals surface area contributed by atoms with Gasteiger partial charge in [0.2, 0.25) is 0 Å². The van der Waals surface area contributed by atoms with Gasteiger partial charge in [0.1, 0.15) is 6.10 Å². The number of nitrogens with zero attached hydrogens (tertiary/aromatic N) is 1. The van der Waals surface area contributed by atoms with Gasteiger partial charge in [-0.15, -0.1) is 0 Å². The molecular weight excluding hydrogens is 114 g/mol. The van der Waals surface area contributed by atoms with Crippen LogP contribution >= 0.6 is 0 Å². The van der Waals surface area contributed by atoms with Crippen LogP contribution in [0.15, 0.2) is 4.99 Å². The lowest BCUT2D eigenvalue weighted by Crippen LogP contribution is -1.95. The first-order valence-corrected chi connectivity index (χ1v) is 3.39. The highest BCUT2D eigenvalue weighted by atomic mass is 16.6. The molecule has 2 nitrogen and oxygen atoms in total. The van der Waals surface area contributed by atoms with Gasteiger partial charge in [0.15, 0.2) is 0 Å². The van der Waals surface area contributed by atoms with Crippen LogP contribution in [0.3, 0.4) is 0 Å². The Morgan fingerprint density at radius 3 is 2.44 bits per heavy atom. The van der Waals surface area contributed by atoms with Gasteiger partial charge in [-0.3, -0.25) is 4.99 Å². The molecule has 0 bridgehead atoms. The molecular formula is C7H13NO. The maximum Gasteiger partial charge on any atom is 0.118 e. The largest absolute Gasteiger partial charge is 0.364 e. The molecule has 0 aromatic rings. The van der Waals surface area contributed by atoms with Crippen LogP contribution in [0, 0.1) is 0 Å². The van der Waals surface area contributed by atoms with E-state index in [0.29, 0.717) is 18.2 Å². The molecule has 0 radical (unpaired) electrons. The first-order chi connectivity index (χ1) is 4.20. The fourth-order valence-corrected chi connectivity index (χ4v) is 0.616. The Labute approximate surface area is 55.9 Å². The topological polar surface area (TPSA) is 24.9 Å². The Kier molecular flexibility index (Phi) is 1.86. The van der Waals surface area contributed by atoms with Crippen LogP contribution in [0.4, 0.5) is 0 Å². The molecule has 2 atom stereocenters. The van der Waals surface area contributed by atoms with Crippen LogP contribution in [0.2, 0.25) is 0 Å². The number of ether oxygens (including phenoxy) is 1. The second-order valence-electron chi connectivity index (χ2n) is 2.70. The number of epoxide rings is 1. The van der Waals surface area contributed by atoms with E-state index in [2.05, 4.69) is 25.8 Å². The SMILES string of the molecule is CC(C)N=C[C@H]1O[C@@H]1C. The standard InChI is InChI=1S/C7H13NO/c1-5(2)8-4-7-6(3)9-7/h4-7H,1-3H3/t6-,7-/m1/s1. The Bertz CT molecular complexity index is 120. The predicted molar refractivity (Wildman–Crippen MR) is 38.0 cm³/mol. The Balaban J connectivity index is 2.18. The minimum Gasteiger partial charge on any atom is -0.364 e. The van der Waals surface area contributed by atoms with Crippen molar-refractivity contribution in [1.29, 1.82) is 0 Å². The summed E-state index contributed by atoms with van der Waals surface area (Å²) in [6.45, 7) is 6.17. The van der Waals surface area contributed by atoms with Gasteiger partial charge in [-0.2, -0.15) is 0 Å². The Morgan fingerprint density at radius 2 is 2.11 bits per heavy atom. The summed E-state index contributed by atoms with van der Waals surface area (Å²) in [6.07, 6.45) is 2.62. The summed E-state index contributed by atoms with van der Waals surface area (Å²) in [5.41, 5.74) is 0. The molecule has 2 heteroatoms. The van der Waals surface area contributed by atoms with Crippen molar-refractivity contribution in [3.05, 3.63) is 0 Å². The highest BCUT2D eigenvalue weighted by molar-refractivity contribution is 5.66. The van der Waals surface area contributed by atoms with Crippen molar-refractivity contribution in [3.8, 4) is 0 Å². The lowest BCUT2D eigenvalue weighted by Gasteiger charge is -1.90. The number of aliphatic imine (C=N–C) groups is 1. The second-order valence-corrected chi connectivity index (χ2v) is 2.70. The molecule has 0 aromatic carbocycles. The molecule has 0 saturated carbocycles. The number of hydrogen-bond donors (Lipinski definition) is 0. The molecule has 1 heterocycles. The average Bonchev–Trinajstić information content (AvgIpc) is 2.42. The normalized spacial score (nSPS) is 34.2. The molecule has 1 aliphatic rings. The van der Waals surface area contributed by atoms with Crippen molar-refractivity contribution >= 4 is 6.21 Å². The molecule has 1 rings (SSSR count). The number of hydrogen-bond acceptors (Lipinski definition) is 2. The molecule has 1 saturated heterocycles. The molecule has 0 amide bonds. The summed E-state index contributed by atoms with van der Waals surface area (Å²) in [5, 5.41) is 0. The van der Waals surface area contributed by atoms with E-state index in [0.717, 1.165) is 0 Å². The van der Waals surface area contributed by atoms with E-state index in [1.54, 1.807) is 0 Å². The first kappa shape index (κ1) is 6.75. The van der Waals surface area contributed by atoms with Gasteiger partial charge in [-0.05, 0) is 20.8 Å². The van der Waals surface area contributed by atoms with Crippen molar-refractivity contribution in [2.24, 2.45) is 4.99 Å². The molecule has 0 N–H and O–H groups in total. The lowest BCUT2D eigenvalue weighted by molar-refractivity contribution is 0.408. The van der Waals surface area contributed by atoms with E-state index in [4.69, 9.17) is 4.74 Å². The van der Waals surface area contributed by atoms with E-state index in [1.165, 1.54) is 0 Å². The molecule has 0 unspecified atom stereocenters. The fourth-order valence-electron chi connectivity index (χ4n) is 0.616. The van der Waals surface area contributed by atoms with Crippen molar-refractivity contribution in [3.63, 3.8) is 0 Å². The number of rotatable bonds is 2. The summed E-state index contributed by atoms with van der Waals surface area (Å²) < 4.78 is 5.12. The minimum absolute atomic E-state index is 0.312. The Hall–Kier alpha value is -0.370. The molecule has 0 aromatic heterocycles. The van der Waals surface area contributed by atoms with E-state index < -0.39 is 0 Å². The molecule has 1 aliphatic heterocycles. The average molecular weight is 127 g/mol. The zero-order valence-corrected chi connectivity index (χ0v) is 6.16. The van der Waals surface area contributed by atoms with Gasteiger partial charge >= 0.3 is 0 Å². The third kappa shape index (κ3) is 2.14. The zero-order valence-electron chi connectivity index (χ0n) is 6.16. The van der Waals surface area contributed by atoms with Crippen LogP contribution in [0.1, 0.15) is 20.8 Å². The quantitative estimate of drug-likeness (QED) is 0.405. The van der Waals surface area contributed by atoms with Crippen molar-refractivity contribution in [2.45, 2.75) is 39.0 Å². The highest BCUT2D eigenvalue weighted by Gasteiger charge is 2.31. The monoisotopic (exact) mass is 127 g/mol. The molecule has 9 heavy (non-hydrogen) atoms. The van der Waals surface area contributed by atoms with Gasteiger partial charge in [0.25, 0.3) is 0 Å². The minimum atomic E-state index is 0.312. The smallest absolute Gasteiger partial charge is 0.118 e. The maximum atomic E-state index is 5.12. The van der Waals surface area contributed by atoms with Gasteiger partial charge in [0.05, 0.1) is 6.10 Å². The third-order valence-electron chi connectivity index (χ3n) is 1.29. The summed E-state index contributed by atoms with van der Waals surface area (Å²) in [6, 6.07) is 0.404. The Morgan fingerprint density at radius 1 is 1.56 bits per heavy atom. The first-order valence-electron chi connectivity index (χ1n) is 3.39. The molecule has 1 fully saturated rings. The van der Waals surface area contributed by atoms with Gasteiger partial charge < -0.3 is 4.74 Å². The van der Waals surface area contributed by atoms with Crippen molar-refractivity contribution < 1.29 is 4.74 Å². The predicted octanol–water partition coefficient (Wildman–Crippen LogP) is 1.25. The maximum absolute atomic E-state index is 5.12. The zero-order chi connectivity index (χ0) is 6.85. The van der Waals surface area contributed by atoms with Gasteiger partial charge in [0, 0.05) is 12.3 Å². The summed E-state index contributed by atoms with van der Waals surface area (Å²) in [7, 11) is 0. The van der Waals surface area contributed by atoms with Crippen LogP contribution in [0.25, 0.3) is 0 Å². The van der Waals surface area contributed by atoms with Crippen LogP contribution in [0.5, 0.6) is 0 Å². The summed E-state index contributed by atoms with van der Waals surface area (Å²) in [4.78, 5) is 4.19. The van der Waals surface area contributed by atoms with E-state index in [9.17, 15) is 0 Å². The molecule has 0 aliphatic carbocycles. The van der Waals surface area contributed by atoms with E-state index in [1.807, 2.05) is 6.21 Å². The van der Waals surface area contributed by atoms with Gasteiger partial charge in [-0.25, -0.2) is 0 Å².